The van der Waals surface area contributed by atoms with E-state index in [0.29, 0.717) is 5.17 Å². The van der Waals surface area contributed by atoms with E-state index in [2.05, 4.69) is 10.3 Å². The number of aliphatic imine (C=N–C) groups is 1. The molecule has 6 nitrogen and oxygen atoms in total. The van der Waals surface area contributed by atoms with E-state index in [1.807, 2.05) is 80.3 Å². The summed E-state index contributed by atoms with van der Waals surface area (Å²) in [7, 11) is 0. The topological polar surface area (TPSA) is 79.4 Å². The lowest BCUT2D eigenvalue weighted by Gasteiger charge is -2.20. The number of benzene rings is 2. The second kappa shape index (κ2) is 7.95. The monoisotopic (exact) mass is 394 g/mol. The number of amidine groups is 1. The molecule has 0 aliphatic heterocycles. The number of rotatable bonds is 3. The Labute approximate surface area is 168 Å². The molecule has 0 aliphatic rings. The van der Waals surface area contributed by atoms with Crippen molar-refractivity contribution < 1.29 is 9.53 Å². The maximum atomic E-state index is 12.4. The lowest BCUT2D eigenvalue weighted by atomic mass is 10.1. The number of carbonyl (C=O) groups excluding carboxylic acids is 1. The molecule has 1 N–H and O–H groups in total. The van der Waals surface area contributed by atoms with Crippen LogP contribution in [0.1, 0.15) is 20.8 Å². The Balaban J connectivity index is 2.10. The standard InChI is InChI=1S/C21H22N4O2S/c1-21(2,3)27-19(26)12-25-17-8-6-5-7-15(17)16-11-14(9-10-18(16)25)24-20(28-4)23-13-22/h5-11H,12H2,1-4H3,(H,23,24). The molecule has 7 heteroatoms. The van der Waals surface area contributed by atoms with Crippen LogP contribution in [0.3, 0.4) is 0 Å². The fourth-order valence-corrected chi connectivity index (χ4v) is 3.42. The number of carbonyl (C=O) groups is 1. The maximum absolute atomic E-state index is 12.4. The number of esters is 1. The number of nitrogens with zero attached hydrogens (tertiary/aromatic N) is 3. The molecular formula is C21H22N4O2S. The molecule has 1 heterocycles. The van der Waals surface area contributed by atoms with Gasteiger partial charge in [-0.15, -0.1) is 0 Å². The van der Waals surface area contributed by atoms with Gasteiger partial charge < -0.3 is 9.30 Å². The van der Waals surface area contributed by atoms with Crippen molar-refractivity contribution in [2.24, 2.45) is 4.99 Å². The fourth-order valence-electron chi connectivity index (χ4n) is 3.07. The number of nitrogens with one attached hydrogen (secondary N) is 1. The van der Waals surface area contributed by atoms with E-state index in [-0.39, 0.29) is 12.5 Å². The first-order chi connectivity index (χ1) is 13.3. The highest BCUT2D eigenvalue weighted by atomic mass is 32.2. The zero-order chi connectivity index (χ0) is 20.3. The van der Waals surface area contributed by atoms with Gasteiger partial charge in [0.05, 0.1) is 5.69 Å². The first kappa shape index (κ1) is 19.8. The summed E-state index contributed by atoms with van der Waals surface area (Å²) in [6, 6.07) is 13.7. The van der Waals surface area contributed by atoms with E-state index in [1.54, 1.807) is 0 Å². The Morgan fingerprint density at radius 2 is 1.93 bits per heavy atom. The molecule has 1 aromatic heterocycles. The third kappa shape index (κ3) is 4.29. The molecule has 2 aromatic carbocycles. The minimum absolute atomic E-state index is 0.135. The second-order valence-electron chi connectivity index (χ2n) is 7.25. The highest BCUT2D eigenvalue weighted by Gasteiger charge is 2.19. The maximum Gasteiger partial charge on any atom is 0.326 e. The van der Waals surface area contributed by atoms with Gasteiger partial charge in [-0.05, 0) is 51.3 Å². The number of thioether (sulfide) groups is 1. The largest absolute Gasteiger partial charge is 0.459 e. The quantitative estimate of drug-likeness (QED) is 0.232. The van der Waals surface area contributed by atoms with Crippen LogP contribution in [0.25, 0.3) is 21.8 Å². The van der Waals surface area contributed by atoms with E-state index in [0.717, 1.165) is 27.5 Å². The number of ether oxygens (including phenoxy) is 1. The van der Waals surface area contributed by atoms with Crippen LogP contribution in [-0.4, -0.2) is 27.6 Å². The summed E-state index contributed by atoms with van der Waals surface area (Å²) in [5, 5.41) is 14.0. The number of hydrogen-bond acceptors (Lipinski definition) is 5. The van der Waals surface area contributed by atoms with Crippen LogP contribution in [0.5, 0.6) is 0 Å². The summed E-state index contributed by atoms with van der Waals surface area (Å²) >= 11 is 1.37. The van der Waals surface area contributed by atoms with Gasteiger partial charge in [0, 0.05) is 21.8 Å². The molecule has 0 radical (unpaired) electrons. The molecule has 144 valence electrons. The zero-order valence-electron chi connectivity index (χ0n) is 16.3. The van der Waals surface area contributed by atoms with Crippen molar-refractivity contribution in [2.45, 2.75) is 32.9 Å². The normalized spacial score (nSPS) is 12.2. The van der Waals surface area contributed by atoms with Gasteiger partial charge in [0.25, 0.3) is 0 Å². The van der Waals surface area contributed by atoms with Gasteiger partial charge >= 0.3 is 5.97 Å². The first-order valence-corrected chi connectivity index (χ1v) is 10.1. The molecule has 0 saturated carbocycles. The van der Waals surface area contributed by atoms with E-state index >= 15 is 0 Å². The summed E-state index contributed by atoms with van der Waals surface area (Å²) in [5.41, 5.74) is 2.11. The average Bonchev–Trinajstić information content (AvgIpc) is 2.93. The summed E-state index contributed by atoms with van der Waals surface area (Å²) in [6.07, 6.45) is 3.75. The Morgan fingerprint density at radius 3 is 2.61 bits per heavy atom. The number of fused-ring (bicyclic) bond motifs is 3. The second-order valence-corrected chi connectivity index (χ2v) is 8.04. The van der Waals surface area contributed by atoms with Gasteiger partial charge in [0.15, 0.2) is 11.4 Å². The number of aromatic nitrogens is 1. The molecule has 28 heavy (non-hydrogen) atoms. The molecule has 0 bridgehead atoms. The highest BCUT2D eigenvalue weighted by molar-refractivity contribution is 8.13. The van der Waals surface area contributed by atoms with Crippen LogP contribution in [0, 0.1) is 11.5 Å². The molecular weight excluding hydrogens is 372 g/mol. The predicted octanol–water partition coefficient (Wildman–Crippen LogP) is 4.56. The smallest absolute Gasteiger partial charge is 0.326 e. The van der Waals surface area contributed by atoms with Crippen molar-refractivity contribution >= 4 is 50.4 Å². The first-order valence-electron chi connectivity index (χ1n) is 8.83. The van der Waals surface area contributed by atoms with Crippen LogP contribution in [0.2, 0.25) is 0 Å². The number of nitriles is 1. The molecule has 0 aliphatic carbocycles. The lowest BCUT2D eigenvalue weighted by Crippen LogP contribution is -2.26. The molecule has 3 aromatic rings. The molecule has 0 amide bonds. The van der Waals surface area contributed by atoms with Crippen molar-refractivity contribution in [3.05, 3.63) is 42.5 Å². The minimum Gasteiger partial charge on any atom is -0.459 e. The Bertz CT molecular complexity index is 1100. The lowest BCUT2D eigenvalue weighted by molar-refractivity contribution is -0.155. The molecule has 0 unspecified atom stereocenters. The number of para-hydroxylation sites is 1. The van der Waals surface area contributed by atoms with E-state index in [4.69, 9.17) is 10.00 Å². The van der Waals surface area contributed by atoms with Gasteiger partial charge in [-0.25, -0.2) is 4.99 Å². The fraction of sp³-hybridized carbons (Fsp3) is 0.286. The van der Waals surface area contributed by atoms with Crippen LogP contribution in [0.15, 0.2) is 47.5 Å². The Kier molecular flexibility index (Phi) is 5.61. The highest BCUT2D eigenvalue weighted by Crippen LogP contribution is 2.32. The van der Waals surface area contributed by atoms with Gasteiger partial charge in [-0.2, -0.15) is 5.26 Å². The summed E-state index contributed by atoms with van der Waals surface area (Å²) in [5.74, 6) is -0.278. The van der Waals surface area contributed by atoms with Gasteiger partial charge in [-0.3, -0.25) is 10.1 Å². The average molecular weight is 395 g/mol. The summed E-state index contributed by atoms with van der Waals surface area (Å²) < 4.78 is 7.47. The van der Waals surface area contributed by atoms with E-state index < -0.39 is 5.60 Å². The molecule has 0 atom stereocenters. The minimum atomic E-state index is -0.528. The summed E-state index contributed by atoms with van der Waals surface area (Å²) in [4.78, 5) is 16.9. The van der Waals surface area contributed by atoms with Crippen LogP contribution in [0.4, 0.5) is 5.69 Å². The number of hydrogen-bond donors (Lipinski definition) is 1. The summed E-state index contributed by atoms with van der Waals surface area (Å²) in [6.45, 7) is 5.72. The molecule has 0 saturated heterocycles. The van der Waals surface area contributed by atoms with Gasteiger partial charge in [0.2, 0.25) is 0 Å². The van der Waals surface area contributed by atoms with Crippen molar-refractivity contribution in [3.8, 4) is 6.19 Å². The van der Waals surface area contributed by atoms with E-state index in [1.165, 1.54) is 11.8 Å². The van der Waals surface area contributed by atoms with Gasteiger partial charge in [-0.1, -0.05) is 30.0 Å². The van der Waals surface area contributed by atoms with Crippen LogP contribution < -0.4 is 5.32 Å². The SMILES string of the molecule is CSC(=Nc1ccc2c(c1)c1ccccc1n2CC(=O)OC(C)(C)C)NC#N. The molecule has 3 rings (SSSR count). The van der Waals surface area contributed by atoms with Crippen molar-refractivity contribution in [1.82, 2.24) is 9.88 Å². The van der Waals surface area contributed by atoms with E-state index in [9.17, 15) is 4.79 Å². The third-order valence-electron chi connectivity index (χ3n) is 4.05. The van der Waals surface area contributed by atoms with Crippen molar-refractivity contribution in [1.29, 1.82) is 5.26 Å². The molecule has 0 fully saturated rings. The van der Waals surface area contributed by atoms with Gasteiger partial charge in [0.1, 0.15) is 12.1 Å². The van der Waals surface area contributed by atoms with Crippen molar-refractivity contribution in [3.63, 3.8) is 0 Å². The third-order valence-corrected chi connectivity index (χ3v) is 4.63. The van der Waals surface area contributed by atoms with Crippen molar-refractivity contribution in [2.75, 3.05) is 6.26 Å². The Hall–Kier alpha value is -2.98. The Morgan fingerprint density at radius 1 is 1.21 bits per heavy atom. The van der Waals surface area contributed by atoms with Crippen LogP contribution >= 0.6 is 11.8 Å². The van der Waals surface area contributed by atoms with Crippen LogP contribution in [-0.2, 0) is 16.1 Å². The predicted molar refractivity (Wildman–Crippen MR) is 115 cm³/mol. The molecule has 0 spiro atoms. The zero-order valence-corrected chi connectivity index (χ0v) is 17.1.